The van der Waals surface area contributed by atoms with Crippen LogP contribution in [0.3, 0.4) is 0 Å². The number of benzene rings is 2. The Hall–Kier alpha value is -2.68. The van der Waals surface area contributed by atoms with Gasteiger partial charge < -0.3 is 8.84 Å². The van der Waals surface area contributed by atoms with Gasteiger partial charge >= 0.3 is 0 Å². The molecule has 1 aromatic heterocycles. The highest BCUT2D eigenvalue weighted by atomic mass is 32.2. The van der Waals surface area contributed by atoms with E-state index in [2.05, 4.69) is 46.0 Å². The first kappa shape index (κ1) is 27.4. The molecule has 3 aromatic rings. The second-order valence-electron chi connectivity index (χ2n) is 11.1. The van der Waals surface area contributed by atoms with Crippen LogP contribution in [0.5, 0.6) is 0 Å². The van der Waals surface area contributed by atoms with E-state index in [4.69, 9.17) is 13.8 Å². The van der Waals surface area contributed by atoms with Gasteiger partial charge in [0.05, 0.1) is 24.1 Å². The molecule has 8 heteroatoms. The van der Waals surface area contributed by atoms with Crippen molar-refractivity contribution in [1.29, 1.82) is 0 Å². The van der Waals surface area contributed by atoms with Crippen LogP contribution in [-0.2, 0) is 22.2 Å². The number of thioether (sulfide) groups is 1. The van der Waals surface area contributed by atoms with Crippen molar-refractivity contribution >= 4 is 31.2 Å². The Morgan fingerprint density at radius 2 is 1.76 bits per heavy atom. The first-order chi connectivity index (χ1) is 17.4. The van der Waals surface area contributed by atoms with Crippen LogP contribution in [0.15, 0.2) is 59.0 Å². The maximum absolute atomic E-state index is 12.0. The van der Waals surface area contributed by atoms with Gasteiger partial charge in [0.25, 0.3) is 5.24 Å². The molecule has 2 amide bonds. The van der Waals surface area contributed by atoms with Gasteiger partial charge in [-0.15, -0.1) is 0 Å². The number of nitrogens with zero attached hydrogens (tertiary/aromatic N) is 2. The van der Waals surface area contributed by atoms with E-state index >= 15 is 0 Å². The number of rotatable bonds is 9. The first-order valence-electron chi connectivity index (χ1n) is 12.7. The van der Waals surface area contributed by atoms with Crippen LogP contribution in [0, 0.1) is 6.92 Å². The van der Waals surface area contributed by atoms with Gasteiger partial charge in [0.2, 0.25) is 11.8 Å². The Bertz CT molecular complexity index is 1230. The third kappa shape index (κ3) is 6.42. The summed E-state index contributed by atoms with van der Waals surface area (Å²) in [6.45, 7) is 13.5. The van der Waals surface area contributed by atoms with Crippen LogP contribution >= 0.6 is 11.8 Å². The summed E-state index contributed by atoms with van der Waals surface area (Å²) in [4.78, 5) is 30.1. The molecule has 2 aromatic carbocycles. The Labute approximate surface area is 224 Å². The van der Waals surface area contributed by atoms with E-state index in [9.17, 15) is 9.59 Å². The van der Waals surface area contributed by atoms with Gasteiger partial charge in [-0.25, -0.2) is 4.98 Å². The number of oxazole rings is 1. The van der Waals surface area contributed by atoms with Crippen LogP contribution in [0.1, 0.15) is 55.9 Å². The topological polar surface area (TPSA) is 72.6 Å². The van der Waals surface area contributed by atoms with Gasteiger partial charge in [-0.2, -0.15) is 0 Å². The summed E-state index contributed by atoms with van der Waals surface area (Å²) in [7, 11) is -2.06. The lowest BCUT2D eigenvalue weighted by Gasteiger charge is -2.39. The van der Waals surface area contributed by atoms with Gasteiger partial charge in [-0.05, 0) is 61.2 Å². The molecule has 0 N–H and O–H groups in total. The fourth-order valence-electron chi connectivity index (χ4n) is 4.01. The molecule has 0 saturated carbocycles. The third-order valence-electron chi connectivity index (χ3n) is 7.33. The van der Waals surface area contributed by atoms with Crippen molar-refractivity contribution < 1.29 is 18.4 Å². The van der Waals surface area contributed by atoms with E-state index in [0.717, 1.165) is 52.7 Å². The molecule has 1 aliphatic heterocycles. The Morgan fingerprint density at radius 3 is 2.35 bits per heavy atom. The summed E-state index contributed by atoms with van der Waals surface area (Å²) in [5.41, 5.74) is 3.93. The molecule has 1 aliphatic rings. The lowest BCUT2D eigenvalue weighted by atomic mass is 10.0. The van der Waals surface area contributed by atoms with E-state index in [1.54, 1.807) is 0 Å². The number of hydrogen-bond acceptors (Lipinski definition) is 6. The molecule has 6 nitrogen and oxygen atoms in total. The SMILES string of the molecule is Cc1oc(-c2ccccc2)nc1CCC(O[Si](C)(C)C(C)(C)C)c1ccc(CN2C(=O)CSC2=O)cc1. The predicted octanol–water partition coefficient (Wildman–Crippen LogP) is 7.54. The van der Waals surface area contributed by atoms with Crippen LogP contribution < -0.4 is 0 Å². The number of carbonyl (C=O) groups is 2. The molecular formula is C29H36N2O4SSi. The molecule has 0 radical (unpaired) electrons. The Kier molecular flexibility index (Phi) is 8.11. The van der Waals surface area contributed by atoms with E-state index < -0.39 is 8.32 Å². The standard InChI is InChI=1S/C29H36N2O4SSi/c1-20-24(30-27(34-20)23-10-8-7-9-11-23)16-17-25(35-37(5,6)29(2,3)4)22-14-12-21(13-15-22)18-31-26(32)19-36-28(31)33/h7-15,25H,16-19H2,1-6H3. The van der Waals surface area contributed by atoms with E-state index in [-0.39, 0.29) is 28.0 Å². The minimum Gasteiger partial charge on any atom is -0.441 e. The summed E-state index contributed by atoms with van der Waals surface area (Å²) in [6.07, 6.45) is 1.40. The van der Waals surface area contributed by atoms with Crippen LogP contribution in [0.25, 0.3) is 11.5 Å². The molecule has 0 spiro atoms. The van der Waals surface area contributed by atoms with Gasteiger partial charge in [-0.3, -0.25) is 14.5 Å². The maximum Gasteiger partial charge on any atom is 0.289 e. The molecule has 1 saturated heterocycles. The molecule has 1 atom stereocenters. The number of hydrogen-bond donors (Lipinski definition) is 0. The highest BCUT2D eigenvalue weighted by Gasteiger charge is 2.39. The van der Waals surface area contributed by atoms with Crippen molar-refractivity contribution in [3.05, 3.63) is 77.2 Å². The van der Waals surface area contributed by atoms with E-state index in [1.165, 1.54) is 4.90 Å². The Morgan fingerprint density at radius 1 is 1.08 bits per heavy atom. The van der Waals surface area contributed by atoms with Gasteiger partial charge in [0.15, 0.2) is 8.32 Å². The number of carbonyl (C=O) groups excluding carboxylic acids is 2. The van der Waals surface area contributed by atoms with Crippen LogP contribution in [0.4, 0.5) is 4.79 Å². The smallest absolute Gasteiger partial charge is 0.289 e. The third-order valence-corrected chi connectivity index (χ3v) is 12.7. The highest BCUT2D eigenvalue weighted by Crippen LogP contribution is 2.41. The molecular weight excluding hydrogens is 500 g/mol. The fraction of sp³-hybridized carbons (Fsp3) is 0.414. The lowest BCUT2D eigenvalue weighted by molar-refractivity contribution is -0.125. The first-order valence-corrected chi connectivity index (χ1v) is 16.6. The highest BCUT2D eigenvalue weighted by molar-refractivity contribution is 8.14. The summed E-state index contributed by atoms with van der Waals surface area (Å²) in [5, 5.41) is -0.102. The molecule has 4 rings (SSSR count). The second kappa shape index (κ2) is 11.0. The summed E-state index contributed by atoms with van der Waals surface area (Å²) < 4.78 is 12.9. The van der Waals surface area contributed by atoms with Crippen molar-refractivity contribution in [3.63, 3.8) is 0 Å². The largest absolute Gasteiger partial charge is 0.441 e. The lowest BCUT2D eigenvalue weighted by Crippen LogP contribution is -2.42. The molecule has 1 fully saturated rings. The summed E-state index contributed by atoms with van der Waals surface area (Å²) in [6, 6.07) is 18.1. The molecule has 1 unspecified atom stereocenters. The Balaban J connectivity index is 1.53. The van der Waals surface area contributed by atoms with Crippen molar-refractivity contribution in [1.82, 2.24) is 9.88 Å². The van der Waals surface area contributed by atoms with Crippen molar-refractivity contribution in [2.45, 2.75) is 71.3 Å². The molecule has 37 heavy (non-hydrogen) atoms. The van der Waals surface area contributed by atoms with Crippen molar-refractivity contribution in [3.8, 4) is 11.5 Å². The van der Waals surface area contributed by atoms with Gasteiger partial charge in [0.1, 0.15) is 5.76 Å². The summed E-state index contributed by atoms with van der Waals surface area (Å²) in [5.74, 6) is 1.57. The number of amides is 2. The van der Waals surface area contributed by atoms with Crippen molar-refractivity contribution in [2.75, 3.05) is 5.75 Å². The molecule has 0 aliphatic carbocycles. The molecule has 0 bridgehead atoms. The quantitative estimate of drug-likeness (QED) is 0.263. The molecule has 196 valence electrons. The van der Waals surface area contributed by atoms with Crippen LogP contribution in [0.2, 0.25) is 18.1 Å². The predicted molar refractivity (Wildman–Crippen MR) is 151 cm³/mol. The second-order valence-corrected chi connectivity index (χ2v) is 16.8. The zero-order chi connectivity index (χ0) is 26.8. The van der Waals surface area contributed by atoms with Gasteiger partial charge in [-0.1, -0.05) is 75.0 Å². The normalized spacial score (nSPS) is 15.5. The number of aryl methyl sites for hydroxylation is 2. The number of aromatic nitrogens is 1. The van der Waals surface area contributed by atoms with Gasteiger partial charge in [0, 0.05) is 5.56 Å². The minimum absolute atomic E-state index is 0.0730. The minimum atomic E-state index is -2.06. The average Bonchev–Trinajstić information content (AvgIpc) is 3.38. The zero-order valence-electron chi connectivity index (χ0n) is 22.5. The average molecular weight is 537 g/mol. The van der Waals surface area contributed by atoms with E-state index in [0.29, 0.717) is 12.4 Å². The monoisotopic (exact) mass is 536 g/mol. The molecule has 2 heterocycles. The van der Waals surface area contributed by atoms with E-state index in [1.807, 2.05) is 49.4 Å². The zero-order valence-corrected chi connectivity index (χ0v) is 24.4. The maximum atomic E-state index is 12.0. The fourth-order valence-corrected chi connectivity index (χ4v) is 6.06. The van der Waals surface area contributed by atoms with Crippen LogP contribution in [-0.4, -0.2) is 35.1 Å². The van der Waals surface area contributed by atoms with Crippen molar-refractivity contribution in [2.24, 2.45) is 0 Å². The summed E-state index contributed by atoms with van der Waals surface area (Å²) >= 11 is 1.06. The number of imide groups is 1.